The van der Waals surface area contributed by atoms with E-state index in [2.05, 4.69) is 53.7 Å². The van der Waals surface area contributed by atoms with E-state index in [4.69, 9.17) is 9.72 Å². The lowest BCUT2D eigenvalue weighted by Crippen LogP contribution is -2.46. The van der Waals surface area contributed by atoms with Gasteiger partial charge in [0.05, 0.1) is 12.4 Å². The van der Waals surface area contributed by atoms with Crippen molar-refractivity contribution in [2.24, 2.45) is 11.8 Å². The van der Waals surface area contributed by atoms with Crippen molar-refractivity contribution in [3.05, 3.63) is 70.7 Å². The van der Waals surface area contributed by atoms with Crippen LogP contribution >= 0.6 is 0 Å². The second-order valence-electron chi connectivity index (χ2n) is 11.2. The van der Waals surface area contributed by atoms with Gasteiger partial charge in [-0.25, -0.2) is 4.98 Å². The maximum atomic E-state index is 12.8. The molecular formula is C29H34FN3O2. The third-order valence-corrected chi connectivity index (χ3v) is 8.10. The molecule has 6 heteroatoms. The quantitative estimate of drug-likeness (QED) is 0.540. The number of likely N-dealkylation sites (tertiary alicyclic amines) is 1. The zero-order chi connectivity index (χ0) is 24.2. The van der Waals surface area contributed by atoms with E-state index in [0.717, 1.165) is 63.5 Å². The molecule has 0 radical (unpaired) electrons. The molecule has 2 aromatic heterocycles. The number of ether oxygens (including phenoxy) is 1. The standard InChI is InChI=1S/C29H34FN3O2/c1-29(2)13-25(20-6-9-35-10-7-20)28(24-4-3-23(34)12-26(24)29)21-5-8-33-18-22(31-27(33)11-21)17-32-15-19(14-30)16-32/h3-5,8,11-12,18-20,34H,6-7,9-10,13-17H2,1-2H3. The third kappa shape index (κ3) is 4.17. The van der Waals surface area contributed by atoms with Crippen LogP contribution in [0, 0.1) is 11.8 Å². The molecule has 2 saturated heterocycles. The van der Waals surface area contributed by atoms with Gasteiger partial charge in [-0.2, -0.15) is 0 Å². The van der Waals surface area contributed by atoms with Crippen LogP contribution in [0.2, 0.25) is 0 Å². The minimum absolute atomic E-state index is 0.0511. The zero-order valence-electron chi connectivity index (χ0n) is 20.6. The molecule has 0 amide bonds. The smallest absolute Gasteiger partial charge is 0.137 e. The number of fused-ring (bicyclic) bond motifs is 2. The number of aromatic nitrogens is 2. The topological polar surface area (TPSA) is 50.0 Å². The summed E-state index contributed by atoms with van der Waals surface area (Å²) in [4.78, 5) is 7.18. The van der Waals surface area contributed by atoms with E-state index < -0.39 is 0 Å². The summed E-state index contributed by atoms with van der Waals surface area (Å²) in [7, 11) is 0. The summed E-state index contributed by atoms with van der Waals surface area (Å²) in [5.41, 5.74) is 8.31. The molecule has 0 bridgehead atoms. The van der Waals surface area contributed by atoms with E-state index in [0.29, 0.717) is 11.7 Å². The molecular weight excluding hydrogens is 441 g/mol. The molecule has 0 unspecified atom stereocenters. The first-order valence-corrected chi connectivity index (χ1v) is 12.8. The number of alkyl halides is 1. The van der Waals surface area contributed by atoms with Gasteiger partial charge in [-0.15, -0.1) is 0 Å². The first-order chi connectivity index (χ1) is 16.9. The number of aromatic hydroxyl groups is 1. The van der Waals surface area contributed by atoms with E-state index in [1.807, 2.05) is 12.1 Å². The van der Waals surface area contributed by atoms with E-state index in [1.54, 1.807) is 0 Å². The zero-order valence-corrected chi connectivity index (χ0v) is 20.6. The number of halogens is 1. The highest BCUT2D eigenvalue weighted by Crippen LogP contribution is 2.49. The highest BCUT2D eigenvalue weighted by atomic mass is 19.1. The first-order valence-electron chi connectivity index (χ1n) is 12.8. The second kappa shape index (κ2) is 8.75. The van der Waals surface area contributed by atoms with Crippen molar-refractivity contribution in [1.29, 1.82) is 0 Å². The Morgan fingerprint density at radius 2 is 1.94 bits per heavy atom. The highest BCUT2D eigenvalue weighted by molar-refractivity contribution is 5.87. The van der Waals surface area contributed by atoms with E-state index in [1.165, 1.54) is 27.8 Å². The summed E-state index contributed by atoms with van der Waals surface area (Å²) in [6.07, 6.45) is 7.27. The van der Waals surface area contributed by atoms with Gasteiger partial charge < -0.3 is 14.2 Å². The lowest BCUT2D eigenvalue weighted by atomic mass is 9.65. The highest BCUT2D eigenvalue weighted by Gasteiger charge is 2.36. The number of allylic oxidation sites excluding steroid dienone is 1. The Morgan fingerprint density at radius 1 is 1.14 bits per heavy atom. The van der Waals surface area contributed by atoms with Gasteiger partial charge in [0.2, 0.25) is 0 Å². The summed E-state index contributed by atoms with van der Waals surface area (Å²) in [6.45, 7) is 8.36. The summed E-state index contributed by atoms with van der Waals surface area (Å²) in [6, 6.07) is 10.2. The Balaban J connectivity index is 1.42. The number of pyridine rings is 1. The maximum absolute atomic E-state index is 12.8. The van der Waals surface area contributed by atoms with Crippen LogP contribution in [0.3, 0.4) is 0 Å². The summed E-state index contributed by atoms with van der Waals surface area (Å²) < 4.78 is 20.6. The molecule has 3 aliphatic rings. The van der Waals surface area contributed by atoms with Crippen LogP contribution < -0.4 is 0 Å². The fourth-order valence-corrected chi connectivity index (χ4v) is 6.28. The van der Waals surface area contributed by atoms with E-state index >= 15 is 0 Å². The second-order valence-corrected chi connectivity index (χ2v) is 11.2. The van der Waals surface area contributed by atoms with Crippen molar-refractivity contribution in [3.63, 3.8) is 0 Å². The van der Waals surface area contributed by atoms with Gasteiger partial charge in [0.15, 0.2) is 0 Å². The van der Waals surface area contributed by atoms with Gasteiger partial charge in [0.25, 0.3) is 0 Å². The molecule has 0 atom stereocenters. The van der Waals surface area contributed by atoms with Gasteiger partial charge in [-0.3, -0.25) is 9.29 Å². The Morgan fingerprint density at radius 3 is 2.71 bits per heavy atom. The van der Waals surface area contributed by atoms with Crippen LogP contribution in [0.4, 0.5) is 4.39 Å². The van der Waals surface area contributed by atoms with Crippen LogP contribution in [0.15, 0.2) is 48.3 Å². The third-order valence-electron chi connectivity index (χ3n) is 8.10. The summed E-state index contributed by atoms with van der Waals surface area (Å²) in [5.74, 6) is 1.01. The Hall–Kier alpha value is -2.70. The van der Waals surface area contributed by atoms with E-state index in [9.17, 15) is 9.50 Å². The van der Waals surface area contributed by atoms with Crippen LogP contribution in [0.1, 0.15) is 55.5 Å². The summed E-state index contributed by atoms with van der Waals surface area (Å²) in [5, 5.41) is 10.3. The molecule has 4 heterocycles. The predicted octanol–water partition coefficient (Wildman–Crippen LogP) is 5.35. The molecule has 5 nitrogen and oxygen atoms in total. The molecule has 0 saturated carbocycles. The van der Waals surface area contributed by atoms with Crippen molar-refractivity contribution in [1.82, 2.24) is 14.3 Å². The summed E-state index contributed by atoms with van der Waals surface area (Å²) >= 11 is 0. The molecule has 0 spiro atoms. The number of hydrogen-bond donors (Lipinski definition) is 1. The predicted molar refractivity (Wildman–Crippen MR) is 135 cm³/mol. The number of phenolic OH excluding ortho intramolecular Hbond substituents is 1. The monoisotopic (exact) mass is 475 g/mol. The van der Waals surface area contributed by atoms with Crippen molar-refractivity contribution in [2.45, 2.75) is 45.1 Å². The van der Waals surface area contributed by atoms with Crippen molar-refractivity contribution in [3.8, 4) is 5.75 Å². The SMILES string of the molecule is CC1(C)CC(C2CCOCC2)=C(c2ccn3cc(CN4CC(CF)C4)nc3c2)c2ccc(O)cc21. The first kappa shape index (κ1) is 22.7. The fourth-order valence-electron chi connectivity index (χ4n) is 6.28. The Labute approximate surface area is 206 Å². The molecule has 6 rings (SSSR count). The van der Waals surface area contributed by atoms with E-state index in [-0.39, 0.29) is 18.0 Å². The lowest BCUT2D eigenvalue weighted by molar-refractivity contribution is 0.0727. The maximum Gasteiger partial charge on any atom is 0.137 e. The average molecular weight is 476 g/mol. The molecule has 184 valence electrons. The lowest BCUT2D eigenvalue weighted by Gasteiger charge is -2.40. The van der Waals surface area contributed by atoms with Gasteiger partial charge >= 0.3 is 0 Å². The molecule has 2 fully saturated rings. The molecule has 3 aromatic rings. The Bertz CT molecular complexity index is 1280. The number of nitrogens with zero attached hydrogens (tertiary/aromatic N) is 3. The van der Waals surface area contributed by atoms with Crippen LogP contribution in [0.25, 0.3) is 11.2 Å². The number of rotatable bonds is 5. The van der Waals surface area contributed by atoms with Crippen LogP contribution in [0.5, 0.6) is 5.75 Å². The fraction of sp³-hybridized carbons (Fsp3) is 0.483. The number of phenols is 1. The normalized spacial score (nSPS) is 21.3. The molecule has 1 N–H and O–H groups in total. The minimum atomic E-state index is -0.231. The molecule has 2 aliphatic heterocycles. The molecule has 1 aliphatic carbocycles. The number of imidazole rings is 1. The molecule has 35 heavy (non-hydrogen) atoms. The largest absolute Gasteiger partial charge is 0.508 e. The average Bonchev–Trinajstić information content (AvgIpc) is 3.23. The van der Waals surface area contributed by atoms with Gasteiger partial charge in [0.1, 0.15) is 11.4 Å². The number of hydrogen-bond acceptors (Lipinski definition) is 4. The van der Waals surface area contributed by atoms with Crippen LogP contribution in [-0.4, -0.2) is 52.4 Å². The van der Waals surface area contributed by atoms with Crippen molar-refractivity contribution >= 4 is 11.2 Å². The van der Waals surface area contributed by atoms with Gasteiger partial charge in [-0.1, -0.05) is 25.5 Å². The number of benzene rings is 1. The van der Waals surface area contributed by atoms with Gasteiger partial charge in [0, 0.05) is 51.2 Å². The molecule has 1 aromatic carbocycles. The van der Waals surface area contributed by atoms with Crippen LogP contribution in [-0.2, 0) is 16.7 Å². The van der Waals surface area contributed by atoms with Crippen molar-refractivity contribution < 1.29 is 14.2 Å². The Kier molecular flexibility index (Phi) is 5.69. The van der Waals surface area contributed by atoms with Gasteiger partial charge in [-0.05, 0) is 77.1 Å². The minimum Gasteiger partial charge on any atom is -0.508 e. The van der Waals surface area contributed by atoms with Crippen molar-refractivity contribution in [2.75, 3.05) is 33.0 Å².